The molecular formula is C16H23N3O2. The Labute approximate surface area is 125 Å². The minimum absolute atomic E-state index is 0.160. The van der Waals surface area contributed by atoms with Gasteiger partial charge in [0.05, 0.1) is 6.04 Å². The number of H-pyrrole nitrogens is 1. The lowest BCUT2D eigenvalue weighted by Gasteiger charge is -2.24. The zero-order chi connectivity index (χ0) is 14.7. The van der Waals surface area contributed by atoms with Gasteiger partial charge in [0, 0.05) is 37.3 Å². The Bertz CT molecular complexity index is 494. The topological polar surface area (TPSA) is 65.2 Å². The third-order valence-corrected chi connectivity index (χ3v) is 4.37. The quantitative estimate of drug-likeness (QED) is 0.787. The predicted molar refractivity (Wildman–Crippen MR) is 79.4 cm³/mol. The van der Waals surface area contributed by atoms with E-state index in [0.29, 0.717) is 13.0 Å². The molecule has 1 saturated heterocycles. The van der Waals surface area contributed by atoms with Gasteiger partial charge < -0.3 is 15.2 Å². The van der Waals surface area contributed by atoms with Crippen LogP contribution in [0.2, 0.25) is 0 Å². The summed E-state index contributed by atoms with van der Waals surface area (Å²) in [5.74, 6) is 0.609. The van der Waals surface area contributed by atoms with Gasteiger partial charge >= 0.3 is 0 Å². The Balaban J connectivity index is 1.42. The summed E-state index contributed by atoms with van der Waals surface area (Å²) < 4.78 is 0. The Kier molecular flexibility index (Phi) is 4.27. The van der Waals surface area contributed by atoms with Crippen molar-refractivity contribution >= 4 is 11.8 Å². The van der Waals surface area contributed by atoms with E-state index in [0.717, 1.165) is 44.3 Å². The highest BCUT2D eigenvalue weighted by Gasteiger charge is 2.31. The van der Waals surface area contributed by atoms with Gasteiger partial charge in [0.2, 0.25) is 11.8 Å². The highest BCUT2D eigenvalue weighted by atomic mass is 16.2. The SMILES string of the molecule is O=C(NCCCC(=O)N1CCC[C@H]1c1ccc[nH]1)C1CC1. The maximum Gasteiger partial charge on any atom is 0.223 e. The molecule has 0 radical (unpaired) electrons. The number of nitrogens with zero attached hydrogens (tertiary/aromatic N) is 1. The number of aromatic amines is 1. The summed E-state index contributed by atoms with van der Waals surface area (Å²) >= 11 is 0. The van der Waals surface area contributed by atoms with E-state index in [9.17, 15) is 9.59 Å². The number of carbonyl (C=O) groups is 2. The molecular weight excluding hydrogens is 266 g/mol. The summed E-state index contributed by atoms with van der Waals surface area (Å²) in [4.78, 5) is 29.0. The second-order valence-electron chi connectivity index (χ2n) is 6.04. The first-order chi connectivity index (χ1) is 10.3. The number of carbonyl (C=O) groups excluding carboxylic acids is 2. The maximum atomic E-state index is 12.3. The molecule has 2 fully saturated rings. The molecule has 5 heteroatoms. The molecule has 5 nitrogen and oxygen atoms in total. The fourth-order valence-corrected chi connectivity index (χ4v) is 3.02. The van der Waals surface area contributed by atoms with Gasteiger partial charge in [0.1, 0.15) is 0 Å². The Morgan fingerprint density at radius 2 is 2.19 bits per heavy atom. The molecule has 1 saturated carbocycles. The molecule has 2 aliphatic rings. The Morgan fingerprint density at radius 3 is 2.90 bits per heavy atom. The zero-order valence-corrected chi connectivity index (χ0v) is 12.3. The summed E-state index contributed by atoms with van der Waals surface area (Å²) in [6.07, 6.45) is 7.29. The largest absolute Gasteiger partial charge is 0.363 e. The molecule has 0 unspecified atom stereocenters. The molecule has 1 aliphatic carbocycles. The maximum absolute atomic E-state index is 12.3. The molecule has 3 rings (SSSR count). The number of amides is 2. The lowest BCUT2D eigenvalue weighted by Crippen LogP contribution is -2.32. The monoisotopic (exact) mass is 289 g/mol. The molecule has 114 valence electrons. The van der Waals surface area contributed by atoms with Crippen LogP contribution in [0.15, 0.2) is 18.3 Å². The van der Waals surface area contributed by atoms with Gasteiger partial charge in [-0.25, -0.2) is 0 Å². The summed E-state index contributed by atoms with van der Waals surface area (Å²) in [7, 11) is 0. The van der Waals surface area contributed by atoms with Crippen molar-refractivity contribution < 1.29 is 9.59 Å². The van der Waals surface area contributed by atoms with E-state index in [4.69, 9.17) is 0 Å². The van der Waals surface area contributed by atoms with E-state index in [2.05, 4.69) is 10.3 Å². The normalized spacial score (nSPS) is 21.5. The molecule has 1 aliphatic heterocycles. The van der Waals surface area contributed by atoms with Crippen molar-refractivity contribution in [2.24, 2.45) is 5.92 Å². The van der Waals surface area contributed by atoms with Crippen LogP contribution in [0.3, 0.4) is 0 Å². The van der Waals surface area contributed by atoms with E-state index < -0.39 is 0 Å². The van der Waals surface area contributed by atoms with E-state index >= 15 is 0 Å². The first kappa shape index (κ1) is 14.2. The van der Waals surface area contributed by atoms with Crippen molar-refractivity contribution in [3.05, 3.63) is 24.0 Å². The second-order valence-corrected chi connectivity index (χ2v) is 6.04. The summed E-state index contributed by atoms with van der Waals surface area (Å²) in [6.45, 7) is 1.46. The van der Waals surface area contributed by atoms with Crippen LogP contribution in [0.4, 0.5) is 0 Å². The number of rotatable bonds is 6. The number of nitrogens with one attached hydrogen (secondary N) is 2. The molecule has 2 amide bonds. The molecule has 0 bridgehead atoms. The van der Waals surface area contributed by atoms with Crippen LogP contribution in [0.1, 0.15) is 50.3 Å². The van der Waals surface area contributed by atoms with Crippen molar-refractivity contribution in [2.75, 3.05) is 13.1 Å². The molecule has 2 heterocycles. The van der Waals surface area contributed by atoms with Crippen LogP contribution in [0.5, 0.6) is 0 Å². The predicted octanol–water partition coefficient (Wildman–Crippen LogP) is 1.98. The number of aromatic nitrogens is 1. The molecule has 21 heavy (non-hydrogen) atoms. The van der Waals surface area contributed by atoms with E-state index in [1.54, 1.807) is 0 Å². The van der Waals surface area contributed by atoms with E-state index in [1.165, 1.54) is 0 Å². The van der Waals surface area contributed by atoms with Gasteiger partial charge in [0.25, 0.3) is 0 Å². The minimum atomic E-state index is 0.160. The van der Waals surface area contributed by atoms with Crippen LogP contribution in [-0.2, 0) is 9.59 Å². The lowest BCUT2D eigenvalue weighted by molar-refractivity contribution is -0.132. The zero-order valence-electron chi connectivity index (χ0n) is 12.3. The van der Waals surface area contributed by atoms with Gasteiger partial charge in [0.15, 0.2) is 0 Å². The molecule has 1 aromatic rings. The summed E-state index contributed by atoms with van der Waals surface area (Å²) in [6, 6.07) is 4.23. The van der Waals surface area contributed by atoms with Crippen LogP contribution < -0.4 is 5.32 Å². The first-order valence-electron chi connectivity index (χ1n) is 7.96. The molecule has 0 spiro atoms. The van der Waals surface area contributed by atoms with Gasteiger partial charge in [-0.1, -0.05) is 0 Å². The van der Waals surface area contributed by atoms with Crippen molar-refractivity contribution in [3.8, 4) is 0 Å². The minimum Gasteiger partial charge on any atom is -0.363 e. The third-order valence-electron chi connectivity index (χ3n) is 4.37. The van der Waals surface area contributed by atoms with Gasteiger partial charge in [-0.3, -0.25) is 9.59 Å². The van der Waals surface area contributed by atoms with Crippen LogP contribution >= 0.6 is 0 Å². The van der Waals surface area contributed by atoms with E-state index in [-0.39, 0.29) is 23.8 Å². The molecule has 0 aromatic carbocycles. The van der Waals surface area contributed by atoms with Crippen molar-refractivity contribution in [2.45, 2.75) is 44.6 Å². The van der Waals surface area contributed by atoms with Gasteiger partial charge in [-0.05, 0) is 44.2 Å². The highest BCUT2D eigenvalue weighted by Crippen LogP contribution is 2.31. The average Bonchev–Trinajstić information content (AvgIpc) is 3.01. The standard InChI is InChI=1S/C16H23N3O2/c20-15(6-2-10-18-16(21)12-7-8-12)19-11-3-5-14(19)13-4-1-9-17-13/h1,4,9,12,14,17H,2-3,5-8,10-11H2,(H,18,21)/t14-/m0/s1. The average molecular weight is 289 g/mol. The lowest BCUT2D eigenvalue weighted by atomic mass is 10.1. The molecule has 2 N–H and O–H groups in total. The number of hydrogen-bond donors (Lipinski definition) is 2. The van der Waals surface area contributed by atoms with Crippen molar-refractivity contribution in [1.82, 2.24) is 15.2 Å². The summed E-state index contributed by atoms with van der Waals surface area (Å²) in [5, 5.41) is 2.91. The first-order valence-corrected chi connectivity index (χ1v) is 7.96. The Morgan fingerprint density at radius 1 is 1.33 bits per heavy atom. The van der Waals surface area contributed by atoms with E-state index in [1.807, 2.05) is 23.2 Å². The molecule has 1 aromatic heterocycles. The Hall–Kier alpha value is -1.78. The fraction of sp³-hybridized carbons (Fsp3) is 0.625. The van der Waals surface area contributed by atoms with Crippen LogP contribution in [0, 0.1) is 5.92 Å². The van der Waals surface area contributed by atoms with Crippen LogP contribution in [-0.4, -0.2) is 34.8 Å². The number of likely N-dealkylation sites (tertiary alicyclic amines) is 1. The summed E-state index contributed by atoms with van der Waals surface area (Å²) in [5.41, 5.74) is 1.13. The van der Waals surface area contributed by atoms with Crippen LogP contribution in [0.25, 0.3) is 0 Å². The van der Waals surface area contributed by atoms with Gasteiger partial charge in [-0.15, -0.1) is 0 Å². The van der Waals surface area contributed by atoms with Crippen molar-refractivity contribution in [1.29, 1.82) is 0 Å². The van der Waals surface area contributed by atoms with Gasteiger partial charge in [-0.2, -0.15) is 0 Å². The third kappa shape index (κ3) is 3.46. The second kappa shape index (κ2) is 6.33. The number of hydrogen-bond acceptors (Lipinski definition) is 2. The molecule has 1 atom stereocenters. The fourth-order valence-electron chi connectivity index (χ4n) is 3.02. The smallest absolute Gasteiger partial charge is 0.223 e. The van der Waals surface area contributed by atoms with Crippen molar-refractivity contribution in [3.63, 3.8) is 0 Å². The highest BCUT2D eigenvalue weighted by molar-refractivity contribution is 5.81.